The number of carbonyl (C=O) groups is 2. The number of halogens is 1. The third-order valence-corrected chi connectivity index (χ3v) is 7.48. The Morgan fingerprint density at radius 1 is 1.18 bits per heavy atom. The highest BCUT2D eigenvalue weighted by Crippen LogP contribution is 2.24. The Bertz CT molecular complexity index is 1090. The molecule has 33 heavy (non-hydrogen) atoms. The van der Waals surface area contributed by atoms with E-state index >= 15 is 0 Å². The van der Waals surface area contributed by atoms with E-state index in [9.17, 15) is 22.4 Å². The van der Waals surface area contributed by atoms with Gasteiger partial charge in [0, 0.05) is 25.2 Å². The van der Waals surface area contributed by atoms with Gasteiger partial charge in [-0.25, -0.2) is 12.8 Å². The predicted octanol–water partition coefficient (Wildman–Crippen LogP) is 2.06. The molecular weight excluding hydrogens is 449 g/mol. The molecule has 0 aliphatic carbocycles. The Morgan fingerprint density at radius 2 is 1.88 bits per heavy atom. The summed E-state index contributed by atoms with van der Waals surface area (Å²) < 4.78 is 45.4. The first-order valence-electron chi connectivity index (χ1n) is 10.7. The molecule has 1 heterocycles. The minimum atomic E-state index is -3.84. The van der Waals surface area contributed by atoms with E-state index in [0.717, 1.165) is 17.7 Å². The first-order valence-corrected chi connectivity index (χ1v) is 12.1. The Labute approximate surface area is 193 Å². The molecule has 3 rings (SSSR count). The van der Waals surface area contributed by atoms with Gasteiger partial charge in [-0.15, -0.1) is 0 Å². The summed E-state index contributed by atoms with van der Waals surface area (Å²) in [5.41, 5.74) is 0.806. The van der Waals surface area contributed by atoms with Crippen molar-refractivity contribution in [3.63, 3.8) is 0 Å². The zero-order valence-electron chi connectivity index (χ0n) is 18.6. The van der Waals surface area contributed by atoms with Crippen LogP contribution in [-0.4, -0.2) is 50.8 Å². The number of sulfonamides is 1. The number of amides is 2. The van der Waals surface area contributed by atoms with Crippen molar-refractivity contribution < 1.29 is 27.1 Å². The molecule has 0 aromatic heterocycles. The number of ether oxygens (including phenoxy) is 1. The minimum absolute atomic E-state index is 0.00109. The van der Waals surface area contributed by atoms with Crippen LogP contribution in [0.25, 0.3) is 0 Å². The maximum Gasteiger partial charge on any atom is 0.243 e. The fourth-order valence-electron chi connectivity index (χ4n) is 3.71. The van der Waals surface area contributed by atoms with Crippen molar-refractivity contribution in [2.75, 3.05) is 20.2 Å². The Kier molecular flexibility index (Phi) is 8.04. The van der Waals surface area contributed by atoms with E-state index in [1.54, 1.807) is 20.1 Å². The van der Waals surface area contributed by atoms with Gasteiger partial charge in [0.2, 0.25) is 21.8 Å². The molecule has 0 unspecified atom stereocenters. The number of nitrogens with zero attached hydrogens (tertiary/aromatic N) is 1. The standard InChI is InChI=1S/C23H28FN3O5S/c1-16(22(28)25-14-17-6-3-4-8-21(17)32-2)26-23(29)18-7-5-13-27(15-18)33(30,31)20-11-9-19(24)10-12-20/h3-4,6,8-12,16,18H,5,7,13-15H2,1-2H3,(H,25,28)(H,26,29)/t16-,18-/m0/s1. The van der Waals surface area contributed by atoms with Crippen LogP contribution in [0.4, 0.5) is 4.39 Å². The van der Waals surface area contributed by atoms with E-state index in [2.05, 4.69) is 10.6 Å². The van der Waals surface area contributed by atoms with Crippen molar-refractivity contribution in [3.05, 3.63) is 59.9 Å². The van der Waals surface area contributed by atoms with Crippen LogP contribution in [0.5, 0.6) is 5.75 Å². The van der Waals surface area contributed by atoms with Gasteiger partial charge in [0.05, 0.1) is 17.9 Å². The second-order valence-electron chi connectivity index (χ2n) is 7.92. The third kappa shape index (κ3) is 6.08. The van der Waals surface area contributed by atoms with Gasteiger partial charge in [-0.1, -0.05) is 18.2 Å². The highest BCUT2D eigenvalue weighted by Gasteiger charge is 2.34. The molecule has 0 bridgehead atoms. The van der Waals surface area contributed by atoms with Crippen LogP contribution in [0.1, 0.15) is 25.3 Å². The summed E-state index contributed by atoms with van der Waals surface area (Å²) in [6, 6.07) is 11.1. The van der Waals surface area contributed by atoms with Gasteiger partial charge in [-0.2, -0.15) is 4.31 Å². The van der Waals surface area contributed by atoms with E-state index in [-0.39, 0.29) is 36.3 Å². The Balaban J connectivity index is 1.56. The van der Waals surface area contributed by atoms with Crippen molar-refractivity contribution in [2.24, 2.45) is 5.92 Å². The van der Waals surface area contributed by atoms with Crippen LogP contribution in [-0.2, 0) is 26.2 Å². The van der Waals surface area contributed by atoms with E-state index in [0.29, 0.717) is 18.6 Å². The van der Waals surface area contributed by atoms with Gasteiger partial charge < -0.3 is 15.4 Å². The second kappa shape index (κ2) is 10.8. The van der Waals surface area contributed by atoms with Crippen molar-refractivity contribution >= 4 is 21.8 Å². The number of methoxy groups -OCH3 is 1. The molecule has 178 valence electrons. The number of hydrogen-bond acceptors (Lipinski definition) is 5. The molecule has 2 aromatic carbocycles. The number of benzene rings is 2. The lowest BCUT2D eigenvalue weighted by Gasteiger charge is -2.31. The average Bonchev–Trinajstić information content (AvgIpc) is 2.82. The second-order valence-corrected chi connectivity index (χ2v) is 9.85. The molecule has 1 aliphatic heterocycles. The molecule has 0 spiro atoms. The minimum Gasteiger partial charge on any atom is -0.496 e. The van der Waals surface area contributed by atoms with Gasteiger partial charge in [-0.05, 0) is 50.1 Å². The number of rotatable bonds is 8. The Morgan fingerprint density at radius 3 is 2.58 bits per heavy atom. The smallest absolute Gasteiger partial charge is 0.243 e. The highest BCUT2D eigenvalue weighted by atomic mass is 32.2. The van der Waals surface area contributed by atoms with E-state index in [1.165, 1.54) is 16.4 Å². The summed E-state index contributed by atoms with van der Waals surface area (Å²) >= 11 is 0. The fraction of sp³-hybridized carbons (Fsp3) is 0.391. The van der Waals surface area contributed by atoms with Gasteiger partial charge in [-0.3, -0.25) is 9.59 Å². The average molecular weight is 478 g/mol. The molecule has 1 saturated heterocycles. The lowest BCUT2D eigenvalue weighted by atomic mass is 9.98. The SMILES string of the molecule is COc1ccccc1CNC(=O)[C@H](C)NC(=O)[C@H]1CCCN(S(=O)(=O)c2ccc(F)cc2)C1. The van der Waals surface area contributed by atoms with Crippen molar-refractivity contribution in [1.29, 1.82) is 0 Å². The first kappa shape index (κ1) is 24.7. The van der Waals surface area contributed by atoms with Gasteiger partial charge in [0.15, 0.2) is 0 Å². The molecule has 0 saturated carbocycles. The number of hydrogen-bond donors (Lipinski definition) is 2. The molecule has 2 N–H and O–H groups in total. The van der Waals surface area contributed by atoms with Gasteiger partial charge in [0.1, 0.15) is 17.6 Å². The lowest BCUT2D eigenvalue weighted by Crippen LogP contribution is -2.50. The molecule has 10 heteroatoms. The lowest BCUT2D eigenvalue weighted by molar-refractivity contribution is -0.131. The summed E-state index contributed by atoms with van der Waals surface area (Å²) in [5, 5.41) is 5.45. The number of piperidine rings is 1. The first-order chi connectivity index (χ1) is 15.7. The van der Waals surface area contributed by atoms with Gasteiger partial charge in [0.25, 0.3) is 0 Å². The highest BCUT2D eigenvalue weighted by molar-refractivity contribution is 7.89. The molecule has 2 aromatic rings. The number of nitrogens with one attached hydrogen (secondary N) is 2. The van der Waals surface area contributed by atoms with Crippen LogP contribution in [0, 0.1) is 11.7 Å². The summed E-state index contributed by atoms with van der Waals surface area (Å²) in [7, 11) is -2.29. The number of carbonyl (C=O) groups excluding carboxylic acids is 2. The molecule has 0 radical (unpaired) electrons. The molecule has 8 nitrogen and oxygen atoms in total. The van der Waals surface area contributed by atoms with Crippen LogP contribution in [0.3, 0.4) is 0 Å². The quantitative estimate of drug-likeness (QED) is 0.606. The van der Waals surface area contributed by atoms with E-state index in [1.807, 2.05) is 18.2 Å². The van der Waals surface area contributed by atoms with Crippen molar-refractivity contribution in [1.82, 2.24) is 14.9 Å². The summed E-state index contributed by atoms with van der Waals surface area (Å²) in [6.07, 6.45) is 1.02. The zero-order valence-corrected chi connectivity index (χ0v) is 19.4. The zero-order chi connectivity index (χ0) is 24.0. The van der Waals surface area contributed by atoms with Crippen LogP contribution < -0.4 is 15.4 Å². The maximum absolute atomic E-state index is 13.2. The van der Waals surface area contributed by atoms with E-state index in [4.69, 9.17) is 4.74 Å². The topological polar surface area (TPSA) is 105 Å². The predicted molar refractivity (Wildman–Crippen MR) is 120 cm³/mol. The fourth-order valence-corrected chi connectivity index (χ4v) is 5.24. The van der Waals surface area contributed by atoms with Crippen molar-refractivity contribution in [3.8, 4) is 5.75 Å². The molecule has 1 fully saturated rings. The van der Waals surface area contributed by atoms with E-state index < -0.39 is 27.8 Å². The normalized spacial score (nSPS) is 17.7. The van der Waals surface area contributed by atoms with Crippen LogP contribution >= 0.6 is 0 Å². The molecule has 2 atom stereocenters. The third-order valence-electron chi connectivity index (χ3n) is 5.60. The maximum atomic E-state index is 13.2. The number of para-hydroxylation sites is 1. The largest absolute Gasteiger partial charge is 0.496 e. The summed E-state index contributed by atoms with van der Waals surface area (Å²) in [4.78, 5) is 25.2. The molecule has 1 aliphatic rings. The van der Waals surface area contributed by atoms with Crippen LogP contribution in [0.15, 0.2) is 53.4 Å². The van der Waals surface area contributed by atoms with Gasteiger partial charge >= 0.3 is 0 Å². The summed E-state index contributed by atoms with van der Waals surface area (Å²) in [5.74, 6) is -1.20. The monoisotopic (exact) mass is 477 g/mol. The Hall–Kier alpha value is -2.98. The van der Waals surface area contributed by atoms with Crippen molar-refractivity contribution in [2.45, 2.75) is 37.2 Å². The van der Waals surface area contributed by atoms with Crippen LogP contribution in [0.2, 0.25) is 0 Å². The summed E-state index contributed by atoms with van der Waals surface area (Å²) in [6.45, 7) is 2.10. The molecular formula is C23H28FN3O5S. The molecule has 2 amide bonds.